The minimum Gasteiger partial charge on any atom is -0.494 e. The molecule has 17 heteroatoms. The number of aromatic nitrogens is 2. The lowest BCUT2D eigenvalue weighted by molar-refractivity contribution is -0.131. The van der Waals surface area contributed by atoms with Gasteiger partial charge in [0, 0.05) is 69.4 Å². The Bertz CT molecular complexity index is 2640. The minimum absolute atomic E-state index is 0.0133. The van der Waals surface area contributed by atoms with Crippen molar-refractivity contribution in [2.24, 2.45) is 0 Å². The van der Waals surface area contributed by atoms with E-state index in [9.17, 15) is 24.3 Å². The van der Waals surface area contributed by atoms with Crippen molar-refractivity contribution in [3.63, 3.8) is 0 Å². The van der Waals surface area contributed by atoms with Crippen LogP contribution in [0.2, 0.25) is 20.1 Å². The number of aliphatic hydroxyl groups excluding tert-OH is 1. The molecule has 70 heavy (non-hydrogen) atoms. The molecule has 0 radical (unpaired) electrons. The number of ketones is 1. The van der Waals surface area contributed by atoms with Gasteiger partial charge in [-0.2, -0.15) is 0 Å². The smallest absolute Gasteiger partial charge is 0.270 e. The molecule has 366 valence electrons. The molecule has 0 aliphatic carbocycles. The molecule has 13 nitrogen and oxygen atoms in total. The number of amides is 3. The number of benzene rings is 4. The van der Waals surface area contributed by atoms with Gasteiger partial charge in [0.05, 0.1) is 39.3 Å². The number of rotatable bonds is 21. The number of aliphatic hydroxyl groups is 1. The van der Waals surface area contributed by atoms with E-state index >= 15 is 0 Å². The Morgan fingerprint density at radius 2 is 1.43 bits per heavy atom. The predicted molar refractivity (Wildman–Crippen MR) is 276 cm³/mol. The average Bonchev–Trinajstić information content (AvgIpc) is 3.36. The highest BCUT2D eigenvalue weighted by atomic mass is 35.5. The third-order valence-corrected chi connectivity index (χ3v) is 13.4. The molecule has 3 amide bonds. The molecular formula is C53H55Cl4N7O6. The number of hydrogen-bond acceptors (Lipinski definition) is 10. The number of β-amino-alcohol motifs (C(OH)–C–C–N with tert-alkyl or cyclic N) is 1. The Labute approximate surface area is 428 Å². The molecule has 2 aliphatic heterocycles. The van der Waals surface area contributed by atoms with Crippen molar-refractivity contribution >= 4 is 87.9 Å². The number of Topliss-reactive ketones (excluding diaryl/α,β-unsaturated/α-hetero) is 1. The molecule has 1 atom stereocenters. The lowest BCUT2D eigenvalue weighted by atomic mass is 9.93. The van der Waals surface area contributed by atoms with E-state index in [1.165, 1.54) is 23.5 Å². The van der Waals surface area contributed by atoms with Crippen LogP contribution in [-0.4, -0.2) is 107 Å². The fourth-order valence-electron chi connectivity index (χ4n) is 8.17. The molecular weight excluding hydrogens is 972 g/mol. The Morgan fingerprint density at radius 1 is 0.757 bits per heavy atom. The molecule has 5 aromatic rings. The summed E-state index contributed by atoms with van der Waals surface area (Å²) < 4.78 is 5.97. The van der Waals surface area contributed by atoms with Crippen molar-refractivity contribution in [1.29, 1.82) is 0 Å². The summed E-state index contributed by atoms with van der Waals surface area (Å²) in [5, 5.41) is 20.7. The molecule has 2 aliphatic rings. The molecule has 1 fully saturated rings. The average molecular weight is 1030 g/mol. The predicted octanol–water partition coefficient (Wildman–Crippen LogP) is 8.92. The van der Waals surface area contributed by atoms with Crippen LogP contribution in [-0.2, 0) is 33.8 Å². The van der Waals surface area contributed by atoms with Crippen LogP contribution in [0.15, 0.2) is 108 Å². The molecule has 3 heterocycles. The number of carbonyl (C=O) groups excluding carboxylic acids is 4. The largest absolute Gasteiger partial charge is 0.494 e. The van der Waals surface area contributed by atoms with Crippen LogP contribution in [0.25, 0.3) is 12.2 Å². The maximum Gasteiger partial charge on any atom is 0.270 e. The van der Waals surface area contributed by atoms with Crippen LogP contribution < -0.4 is 20.7 Å². The van der Waals surface area contributed by atoms with Gasteiger partial charge in [-0.05, 0) is 102 Å². The van der Waals surface area contributed by atoms with Crippen LogP contribution in [0.5, 0.6) is 5.75 Å². The SMILES string of the molecule is O=C(CNc1cc(C(=O)NC[C@H](O)CN2CCc3ccccc3C2)ncn1)NCCCCCCOc1ccc(CCC(=O)N2C/C(=C\c3ccc(Cl)c(Cl)c3)C(=O)/C(=C/c3ccc(Cl)c(Cl)c3)C2)cc1. The summed E-state index contributed by atoms with van der Waals surface area (Å²) in [4.78, 5) is 64.7. The van der Waals surface area contributed by atoms with Gasteiger partial charge in [0.25, 0.3) is 5.91 Å². The van der Waals surface area contributed by atoms with Gasteiger partial charge in [-0.3, -0.25) is 24.1 Å². The quantitative estimate of drug-likeness (QED) is 0.0412. The molecule has 0 bridgehead atoms. The second-order valence-electron chi connectivity index (χ2n) is 17.3. The number of nitrogens with one attached hydrogen (secondary N) is 3. The van der Waals surface area contributed by atoms with Gasteiger partial charge < -0.3 is 30.7 Å². The van der Waals surface area contributed by atoms with Crippen LogP contribution >= 0.6 is 46.4 Å². The van der Waals surface area contributed by atoms with Gasteiger partial charge in [-0.1, -0.05) is 108 Å². The van der Waals surface area contributed by atoms with E-state index in [0.717, 1.165) is 56.5 Å². The first-order valence-electron chi connectivity index (χ1n) is 23.3. The first-order valence-corrected chi connectivity index (χ1v) is 24.8. The van der Waals surface area contributed by atoms with Crippen LogP contribution in [0.3, 0.4) is 0 Å². The van der Waals surface area contributed by atoms with Crippen molar-refractivity contribution in [2.75, 3.05) is 57.7 Å². The summed E-state index contributed by atoms with van der Waals surface area (Å²) >= 11 is 24.8. The van der Waals surface area contributed by atoms with Gasteiger partial charge in [-0.25, -0.2) is 9.97 Å². The number of aryl methyl sites for hydroxylation is 1. The molecule has 1 saturated heterocycles. The number of nitrogens with zero attached hydrogens (tertiary/aromatic N) is 4. The number of unbranched alkanes of at least 4 members (excludes halogenated alkanes) is 3. The highest BCUT2D eigenvalue weighted by molar-refractivity contribution is 6.42. The second-order valence-corrected chi connectivity index (χ2v) is 18.9. The van der Waals surface area contributed by atoms with E-state index in [4.69, 9.17) is 51.1 Å². The van der Waals surface area contributed by atoms with Crippen LogP contribution in [0.4, 0.5) is 5.82 Å². The monoisotopic (exact) mass is 1030 g/mol. The minimum atomic E-state index is -0.734. The fourth-order valence-corrected chi connectivity index (χ4v) is 8.78. The molecule has 0 unspecified atom stereocenters. The molecule has 0 saturated carbocycles. The number of fused-ring (bicyclic) bond motifs is 1. The maximum atomic E-state index is 13.7. The summed E-state index contributed by atoms with van der Waals surface area (Å²) in [5.41, 5.74) is 6.01. The Kier molecular flexibility index (Phi) is 19.2. The summed E-state index contributed by atoms with van der Waals surface area (Å²) in [6.07, 6.45) is 9.20. The molecule has 0 spiro atoms. The highest BCUT2D eigenvalue weighted by Crippen LogP contribution is 2.29. The lowest BCUT2D eigenvalue weighted by Crippen LogP contribution is -2.42. The molecule has 7 rings (SSSR count). The van der Waals surface area contributed by atoms with Crippen LogP contribution in [0, 0.1) is 0 Å². The van der Waals surface area contributed by atoms with Gasteiger partial charge in [0.15, 0.2) is 5.78 Å². The summed E-state index contributed by atoms with van der Waals surface area (Å²) in [6.45, 7) is 3.51. The van der Waals surface area contributed by atoms with Crippen molar-refractivity contribution in [3.05, 3.63) is 162 Å². The van der Waals surface area contributed by atoms with Crippen molar-refractivity contribution in [2.45, 2.75) is 57.6 Å². The zero-order valence-corrected chi connectivity index (χ0v) is 41.6. The van der Waals surface area contributed by atoms with Crippen molar-refractivity contribution in [1.82, 2.24) is 30.4 Å². The van der Waals surface area contributed by atoms with Crippen molar-refractivity contribution in [3.8, 4) is 5.75 Å². The first-order chi connectivity index (χ1) is 33.9. The third-order valence-electron chi connectivity index (χ3n) is 11.9. The number of ether oxygens (including phenoxy) is 1. The van der Waals surface area contributed by atoms with E-state index in [1.54, 1.807) is 53.5 Å². The molecule has 4 N–H and O–H groups in total. The number of hydrogen-bond donors (Lipinski definition) is 4. The summed E-state index contributed by atoms with van der Waals surface area (Å²) in [5.74, 6) is 0.190. The number of carbonyl (C=O) groups is 4. The van der Waals surface area contributed by atoms with Crippen LogP contribution in [0.1, 0.15) is 70.4 Å². The normalized spacial score (nSPS) is 15.4. The van der Waals surface area contributed by atoms with E-state index in [-0.39, 0.29) is 55.9 Å². The third kappa shape index (κ3) is 15.6. The molecule has 1 aromatic heterocycles. The zero-order chi connectivity index (χ0) is 49.4. The number of likely N-dealkylation sites (tertiary alicyclic amines) is 1. The van der Waals surface area contributed by atoms with Gasteiger partial charge in [0.2, 0.25) is 11.8 Å². The summed E-state index contributed by atoms with van der Waals surface area (Å²) in [6, 6.07) is 27.7. The number of anilines is 1. The lowest BCUT2D eigenvalue weighted by Gasteiger charge is -2.30. The Balaban J connectivity index is 0.762. The van der Waals surface area contributed by atoms with Gasteiger partial charge in [-0.15, -0.1) is 0 Å². The van der Waals surface area contributed by atoms with E-state index < -0.39 is 12.0 Å². The fraction of sp³-hybridized carbons (Fsp3) is 0.321. The Morgan fingerprint density at radius 3 is 2.11 bits per heavy atom. The Hall–Kier alpha value is -5.80. The second kappa shape index (κ2) is 25.9. The highest BCUT2D eigenvalue weighted by Gasteiger charge is 2.29. The van der Waals surface area contributed by atoms with Crippen molar-refractivity contribution < 1.29 is 29.0 Å². The standard InChI is InChI=1S/C53H55Cl4N7O6/c54-44-16-11-36(25-46(44)56)23-40-31-64(32-41(52(40)68)24-37-12-17-45(55)47(57)26-37)51(67)18-13-35-9-14-43(15-10-35)70-22-6-2-1-5-20-58-50(66)29-59-49-27-48(61-34-62-49)53(69)60-28-42(65)33-63-21-19-38-7-3-4-8-39(38)30-63/h3-4,7-12,14-17,23-27,34,42,65H,1-2,5-6,13,18-22,28-33H2,(H,58,66)(H,60,69)(H,59,61,62)/b40-23+,41-24+/t42-/m0/s1. The molecule has 4 aromatic carbocycles. The maximum absolute atomic E-state index is 13.7. The van der Waals surface area contributed by atoms with Gasteiger partial charge in [0.1, 0.15) is 23.6 Å². The number of halogens is 4. The van der Waals surface area contributed by atoms with Gasteiger partial charge >= 0.3 is 0 Å². The zero-order valence-electron chi connectivity index (χ0n) is 38.6. The summed E-state index contributed by atoms with van der Waals surface area (Å²) in [7, 11) is 0. The first kappa shape index (κ1) is 52.0. The van der Waals surface area contributed by atoms with E-state index in [2.05, 4.69) is 43.0 Å². The van der Waals surface area contributed by atoms with E-state index in [0.29, 0.717) is 74.3 Å². The number of piperidine rings is 1. The topological polar surface area (TPSA) is 166 Å². The van der Waals surface area contributed by atoms with E-state index in [1.807, 2.05) is 36.4 Å².